The van der Waals surface area contributed by atoms with Crippen molar-refractivity contribution < 1.29 is 47.7 Å². The fourth-order valence-electron chi connectivity index (χ4n) is 10.3. The van der Waals surface area contributed by atoms with E-state index in [2.05, 4.69) is 43.8 Å². The van der Waals surface area contributed by atoms with Gasteiger partial charge in [0.25, 0.3) is 0 Å². The molecule has 0 bridgehead atoms. The predicted octanol–water partition coefficient (Wildman–Crippen LogP) is 7.40. The van der Waals surface area contributed by atoms with Crippen LogP contribution in [0, 0.1) is 22.7 Å². The van der Waals surface area contributed by atoms with Crippen LogP contribution in [0.5, 0.6) is 0 Å². The zero-order valence-corrected chi connectivity index (χ0v) is 46.9. The summed E-state index contributed by atoms with van der Waals surface area (Å²) in [5.74, 6) is 1.59. The van der Waals surface area contributed by atoms with Crippen LogP contribution in [0.1, 0.15) is 139 Å². The van der Waals surface area contributed by atoms with E-state index in [1.165, 1.54) is 24.2 Å². The quantitative estimate of drug-likeness (QED) is 0.0608. The molecule has 0 aromatic carbocycles. The summed E-state index contributed by atoms with van der Waals surface area (Å²) in [4.78, 5) is 88.4. The lowest BCUT2D eigenvalue weighted by atomic mass is 9.99. The number of nitriles is 2. The Morgan fingerprint density at radius 1 is 0.713 bits per heavy atom. The third kappa shape index (κ3) is 15.9. The molecule has 4 aromatic heterocycles. The normalized spacial score (nSPS) is 16.7. The van der Waals surface area contributed by atoms with Crippen molar-refractivity contribution in [2.75, 3.05) is 94.4 Å². The summed E-state index contributed by atoms with van der Waals surface area (Å²) in [6.07, 6.45) is 12.8. The van der Waals surface area contributed by atoms with Crippen molar-refractivity contribution in [1.29, 1.82) is 10.5 Å². The molecule has 2 fully saturated rings. The maximum Gasteiger partial charge on any atom is 0.328 e. The second-order valence-corrected chi connectivity index (χ2v) is 20.3. The molecule has 1 unspecified atom stereocenters. The summed E-state index contributed by atoms with van der Waals surface area (Å²) in [5, 5.41) is 24.6. The number of aromatic nitrogens is 4. The standard InChI is InChI=1S/C30H40N6O5.C28H34N6O5/c1-20(40-4)28-24(18-35(21(2)37)19-26-10-7-13-41-26)14-23-8-5-11-36(29(23)34-28)30(38)33-27-15-22(9-6-12-39-3)25(16-31)17-32-27;1-19(36)33(17-24-8-5-11-39-24)16-22-12-21-6-3-9-34(27(21)31-25(22)18-35)28(37)32-26-13-20(7-4-10-38-2)23(14-29)15-30-26/h14-15,17,20,26H,5-13,18-19H2,1-4H3,(H,32,33,38);12-13,15,18,24H,3-11,16-17H2,1-2H3,(H,30,32,37)/t20?,26-;24-/m11/s1. The second kappa shape index (κ2) is 29.7. The maximum atomic E-state index is 13.5. The molecular weight excluding hydrogens is 1020 g/mol. The van der Waals surface area contributed by atoms with E-state index < -0.39 is 6.03 Å². The number of hydrogen-bond acceptors (Lipinski definition) is 16. The minimum atomic E-state index is -0.420. The van der Waals surface area contributed by atoms with E-state index in [1.807, 2.05) is 13.0 Å². The summed E-state index contributed by atoms with van der Waals surface area (Å²) in [6, 6.07) is 10.9. The maximum absolute atomic E-state index is 13.5. The number of amides is 6. The summed E-state index contributed by atoms with van der Waals surface area (Å²) >= 11 is 0. The molecule has 4 aliphatic heterocycles. The Morgan fingerprint density at radius 3 is 1.61 bits per heavy atom. The topological polar surface area (TPSA) is 268 Å². The second-order valence-electron chi connectivity index (χ2n) is 20.3. The van der Waals surface area contributed by atoms with Gasteiger partial charge in [0.1, 0.15) is 41.1 Å². The molecule has 2 saturated heterocycles. The Bertz CT molecular complexity index is 2910. The molecule has 0 saturated carbocycles. The molecule has 80 heavy (non-hydrogen) atoms. The fourth-order valence-corrected chi connectivity index (χ4v) is 10.3. The molecule has 22 nitrogen and oxygen atoms in total. The number of rotatable bonds is 21. The highest BCUT2D eigenvalue weighted by molar-refractivity contribution is 6.02. The van der Waals surface area contributed by atoms with E-state index in [0.29, 0.717) is 124 Å². The Kier molecular flexibility index (Phi) is 22.3. The monoisotopic (exact) mass is 1100 g/mol. The van der Waals surface area contributed by atoms with Crippen LogP contribution in [-0.4, -0.2) is 146 Å². The highest BCUT2D eigenvalue weighted by atomic mass is 16.5. The number of anilines is 4. The molecule has 0 spiro atoms. The van der Waals surface area contributed by atoms with Crippen molar-refractivity contribution in [3.05, 3.63) is 92.6 Å². The number of methoxy groups -OCH3 is 3. The molecule has 22 heteroatoms. The Balaban J connectivity index is 0.000000231. The van der Waals surface area contributed by atoms with Gasteiger partial charge in [-0.3, -0.25) is 34.8 Å². The number of hydrogen-bond donors (Lipinski definition) is 2. The first kappa shape index (κ1) is 60.2. The van der Waals surface area contributed by atoms with Crippen LogP contribution in [-0.2, 0) is 72.0 Å². The van der Waals surface area contributed by atoms with Crippen LogP contribution in [0.15, 0.2) is 36.7 Å². The van der Waals surface area contributed by atoms with Crippen LogP contribution >= 0.6 is 0 Å². The van der Waals surface area contributed by atoms with Gasteiger partial charge in [0.05, 0.1) is 35.1 Å². The fraction of sp³-hybridized carbons (Fsp3) is 0.534. The zero-order chi connectivity index (χ0) is 57.1. The van der Waals surface area contributed by atoms with Crippen molar-refractivity contribution in [2.24, 2.45) is 0 Å². The van der Waals surface area contributed by atoms with Gasteiger partial charge in [-0.2, -0.15) is 10.5 Å². The van der Waals surface area contributed by atoms with Crippen molar-refractivity contribution in [3.63, 3.8) is 0 Å². The highest BCUT2D eigenvalue weighted by Crippen LogP contribution is 2.33. The molecule has 4 aromatic rings. The summed E-state index contributed by atoms with van der Waals surface area (Å²) < 4.78 is 27.4. The van der Waals surface area contributed by atoms with E-state index in [9.17, 15) is 34.5 Å². The molecule has 426 valence electrons. The number of ether oxygens (including phenoxy) is 5. The molecule has 6 amide bonds. The first-order valence-electron chi connectivity index (χ1n) is 27.5. The number of carbonyl (C=O) groups is 5. The van der Waals surface area contributed by atoms with Crippen molar-refractivity contribution in [1.82, 2.24) is 29.7 Å². The van der Waals surface area contributed by atoms with Gasteiger partial charge in [0, 0.05) is 119 Å². The number of nitrogens with zero attached hydrogens (tertiary/aromatic N) is 10. The van der Waals surface area contributed by atoms with Gasteiger partial charge < -0.3 is 33.5 Å². The van der Waals surface area contributed by atoms with Crippen molar-refractivity contribution in [2.45, 2.75) is 129 Å². The number of pyridine rings is 4. The number of aryl methyl sites for hydroxylation is 4. The predicted molar refractivity (Wildman–Crippen MR) is 297 cm³/mol. The number of fused-ring (bicyclic) bond motifs is 2. The number of nitrogens with one attached hydrogen (secondary N) is 2. The number of aldehydes is 1. The van der Waals surface area contributed by atoms with Crippen molar-refractivity contribution in [3.8, 4) is 12.1 Å². The first-order valence-corrected chi connectivity index (χ1v) is 27.5. The molecule has 8 rings (SSSR count). The number of urea groups is 2. The van der Waals surface area contributed by atoms with Crippen molar-refractivity contribution >= 4 is 53.4 Å². The smallest absolute Gasteiger partial charge is 0.328 e. The van der Waals surface area contributed by atoms with E-state index >= 15 is 0 Å². The van der Waals surface area contributed by atoms with Crippen LogP contribution in [0.2, 0.25) is 0 Å². The summed E-state index contributed by atoms with van der Waals surface area (Å²) in [7, 11) is 4.88. The van der Waals surface area contributed by atoms with Gasteiger partial charge in [0.15, 0.2) is 6.29 Å². The molecule has 8 heterocycles. The molecule has 3 atom stereocenters. The van der Waals surface area contributed by atoms with Gasteiger partial charge in [-0.15, -0.1) is 0 Å². The third-order valence-corrected chi connectivity index (χ3v) is 14.7. The average Bonchev–Trinajstić information content (AvgIpc) is 4.20. The van der Waals surface area contributed by atoms with Gasteiger partial charge in [-0.05, 0) is 136 Å². The largest absolute Gasteiger partial charge is 0.385 e. The highest BCUT2D eigenvalue weighted by Gasteiger charge is 2.31. The van der Waals surface area contributed by atoms with Crippen LogP contribution in [0.4, 0.5) is 32.9 Å². The third-order valence-electron chi connectivity index (χ3n) is 14.7. The van der Waals surface area contributed by atoms with E-state index in [-0.39, 0.29) is 48.4 Å². The van der Waals surface area contributed by atoms with Gasteiger partial charge in [0.2, 0.25) is 11.8 Å². The van der Waals surface area contributed by atoms with Crippen LogP contribution < -0.4 is 20.4 Å². The lowest BCUT2D eigenvalue weighted by Gasteiger charge is -2.31. The molecule has 4 aliphatic rings. The molecule has 0 radical (unpaired) electrons. The first-order chi connectivity index (χ1) is 38.8. The zero-order valence-electron chi connectivity index (χ0n) is 46.9. The summed E-state index contributed by atoms with van der Waals surface area (Å²) in [6.45, 7) is 10.1. The lowest BCUT2D eigenvalue weighted by molar-refractivity contribution is -0.131. The van der Waals surface area contributed by atoms with Gasteiger partial charge in [-0.25, -0.2) is 29.5 Å². The van der Waals surface area contributed by atoms with E-state index in [4.69, 9.17) is 28.7 Å². The molecule has 2 N–H and O–H groups in total. The molecule has 0 aliphatic carbocycles. The van der Waals surface area contributed by atoms with Crippen LogP contribution in [0.3, 0.4) is 0 Å². The van der Waals surface area contributed by atoms with E-state index in [1.54, 1.807) is 55.1 Å². The number of carbonyl (C=O) groups excluding carboxylic acids is 5. The lowest BCUT2D eigenvalue weighted by Crippen LogP contribution is -2.40. The Hall–Kier alpha value is -7.47. The Morgan fingerprint density at radius 2 is 1.19 bits per heavy atom. The minimum Gasteiger partial charge on any atom is -0.385 e. The minimum absolute atomic E-state index is 0.00492. The van der Waals surface area contributed by atoms with E-state index in [0.717, 1.165) is 92.2 Å². The van der Waals surface area contributed by atoms with Gasteiger partial charge in [-0.1, -0.05) is 0 Å². The average molecular weight is 1100 g/mol. The Labute approximate surface area is 468 Å². The summed E-state index contributed by atoms with van der Waals surface area (Å²) in [5.41, 5.74) is 6.76. The van der Waals surface area contributed by atoms with Gasteiger partial charge >= 0.3 is 12.1 Å². The van der Waals surface area contributed by atoms with Crippen LogP contribution in [0.25, 0.3) is 0 Å². The molecular formula is C58H74N12O10. The SMILES string of the molecule is COCCCc1cc(NC(=O)N2CCCc3cc(CN(C[C@H]4CCCO4)C(C)=O)c(C(C)OC)nc32)ncc1C#N.COCCCc1cc(NC(=O)N2CCCc3cc(CN(C[C@H]4CCCO4)C(C)=O)c(C=O)nc32)ncc1C#N.